The summed E-state index contributed by atoms with van der Waals surface area (Å²) in [5, 5.41) is 4.76. The zero-order valence-electron chi connectivity index (χ0n) is 28.2. The lowest BCUT2D eigenvalue weighted by Gasteiger charge is -2.26. The fourth-order valence-electron chi connectivity index (χ4n) is 7.61. The standard InChI is InChI=1S/C42H43NO4/c1-7-46-37(44)26-33-32-24-22-28-16-12-14-18-30(28)39(32)41(3,4)34(33)20-10-9-11-21-36-42(5,6)40-31-19-15-13-17-29(31)23-25-35(40)43(36)27-38(45)47-8-2/h9-25H,7-8,26-27H2,1-6H3. The summed E-state index contributed by atoms with van der Waals surface area (Å²) in [4.78, 5) is 27.7. The van der Waals surface area contributed by atoms with Crippen LogP contribution in [0, 0.1) is 0 Å². The molecule has 47 heavy (non-hydrogen) atoms. The van der Waals surface area contributed by atoms with Crippen molar-refractivity contribution < 1.29 is 19.1 Å². The molecule has 0 saturated heterocycles. The van der Waals surface area contributed by atoms with Crippen LogP contribution in [0.25, 0.3) is 27.1 Å². The molecule has 1 heterocycles. The molecule has 6 rings (SSSR count). The van der Waals surface area contributed by atoms with Gasteiger partial charge in [-0.15, -0.1) is 0 Å². The molecule has 0 unspecified atom stereocenters. The summed E-state index contributed by atoms with van der Waals surface area (Å²) in [6.45, 7) is 13.4. The van der Waals surface area contributed by atoms with E-state index in [-0.39, 0.29) is 35.7 Å². The van der Waals surface area contributed by atoms with Gasteiger partial charge in [-0.1, -0.05) is 119 Å². The summed E-state index contributed by atoms with van der Waals surface area (Å²) in [6.07, 6.45) is 10.6. The number of ether oxygens (including phenoxy) is 2. The Hall–Kier alpha value is -4.90. The van der Waals surface area contributed by atoms with Gasteiger partial charge in [0, 0.05) is 22.2 Å². The van der Waals surface area contributed by atoms with Crippen molar-refractivity contribution in [2.75, 3.05) is 24.7 Å². The minimum absolute atomic E-state index is 0.142. The van der Waals surface area contributed by atoms with Crippen LogP contribution in [0.3, 0.4) is 0 Å². The van der Waals surface area contributed by atoms with Gasteiger partial charge in [0.05, 0.1) is 19.6 Å². The highest BCUT2D eigenvalue weighted by atomic mass is 16.5. The first-order chi connectivity index (χ1) is 22.6. The Morgan fingerprint density at radius 2 is 1.32 bits per heavy atom. The normalized spacial score (nSPS) is 17.3. The Morgan fingerprint density at radius 3 is 2.00 bits per heavy atom. The maximum absolute atomic E-state index is 12.8. The largest absolute Gasteiger partial charge is 0.466 e. The van der Waals surface area contributed by atoms with E-state index in [1.807, 2.05) is 32.1 Å². The lowest BCUT2D eigenvalue weighted by atomic mass is 9.79. The van der Waals surface area contributed by atoms with Crippen molar-refractivity contribution in [1.82, 2.24) is 0 Å². The smallest absolute Gasteiger partial charge is 0.325 e. The van der Waals surface area contributed by atoms with Crippen LogP contribution >= 0.6 is 0 Å². The number of allylic oxidation sites excluding steroid dienone is 7. The van der Waals surface area contributed by atoms with Crippen LogP contribution in [0.4, 0.5) is 5.69 Å². The van der Waals surface area contributed by atoms with Crippen LogP contribution in [0.15, 0.2) is 114 Å². The molecule has 0 N–H and O–H groups in total. The minimum Gasteiger partial charge on any atom is -0.466 e. The number of nitrogens with zero attached hydrogens (tertiary/aromatic N) is 1. The van der Waals surface area contributed by atoms with Gasteiger partial charge in [0.25, 0.3) is 0 Å². The minimum atomic E-state index is -0.345. The lowest BCUT2D eigenvalue weighted by molar-refractivity contribution is -0.142. The molecule has 1 aliphatic heterocycles. The second kappa shape index (κ2) is 12.7. The maximum atomic E-state index is 12.8. The van der Waals surface area contributed by atoms with E-state index in [9.17, 15) is 9.59 Å². The van der Waals surface area contributed by atoms with Crippen LogP contribution in [-0.4, -0.2) is 31.7 Å². The molecular formula is C42H43NO4. The first-order valence-electron chi connectivity index (χ1n) is 16.5. The van der Waals surface area contributed by atoms with Crippen molar-refractivity contribution in [2.45, 2.75) is 58.8 Å². The summed E-state index contributed by atoms with van der Waals surface area (Å²) < 4.78 is 10.8. The van der Waals surface area contributed by atoms with Gasteiger partial charge in [-0.25, -0.2) is 0 Å². The Labute approximate surface area is 277 Å². The van der Waals surface area contributed by atoms with Crippen LogP contribution in [0.2, 0.25) is 0 Å². The molecule has 0 saturated carbocycles. The van der Waals surface area contributed by atoms with E-state index in [4.69, 9.17) is 9.47 Å². The number of carbonyl (C=O) groups excluding carboxylic acids is 2. The molecule has 0 aromatic heterocycles. The second-order valence-corrected chi connectivity index (χ2v) is 13.2. The fourth-order valence-corrected chi connectivity index (χ4v) is 7.61. The predicted octanol–water partition coefficient (Wildman–Crippen LogP) is 9.35. The summed E-state index contributed by atoms with van der Waals surface area (Å²) in [5.74, 6) is -0.474. The molecule has 4 aromatic rings. The molecule has 0 spiro atoms. The van der Waals surface area contributed by atoms with Crippen LogP contribution in [0.5, 0.6) is 0 Å². The molecule has 0 radical (unpaired) electrons. The Kier molecular flexibility index (Phi) is 8.67. The number of benzene rings is 4. The number of fused-ring (bicyclic) bond motifs is 6. The van der Waals surface area contributed by atoms with E-state index >= 15 is 0 Å². The average Bonchev–Trinajstić information content (AvgIpc) is 3.39. The molecular weight excluding hydrogens is 582 g/mol. The topological polar surface area (TPSA) is 55.8 Å². The van der Waals surface area contributed by atoms with E-state index in [0.29, 0.717) is 13.2 Å². The number of anilines is 1. The fraction of sp³-hybridized carbons (Fsp3) is 0.286. The van der Waals surface area contributed by atoms with Crippen molar-refractivity contribution >= 4 is 44.7 Å². The third kappa shape index (κ3) is 5.69. The number of hydrogen-bond acceptors (Lipinski definition) is 5. The average molecular weight is 626 g/mol. The summed E-state index contributed by atoms with van der Waals surface area (Å²) >= 11 is 0. The van der Waals surface area contributed by atoms with Crippen molar-refractivity contribution in [1.29, 1.82) is 0 Å². The van der Waals surface area contributed by atoms with E-state index in [1.54, 1.807) is 0 Å². The van der Waals surface area contributed by atoms with E-state index in [2.05, 4.69) is 118 Å². The van der Waals surface area contributed by atoms with Crippen LogP contribution < -0.4 is 4.90 Å². The van der Waals surface area contributed by atoms with Crippen LogP contribution in [-0.2, 0) is 29.9 Å². The van der Waals surface area contributed by atoms with Crippen molar-refractivity contribution in [3.8, 4) is 0 Å². The first-order valence-corrected chi connectivity index (χ1v) is 16.5. The molecule has 5 nitrogen and oxygen atoms in total. The molecule has 0 amide bonds. The highest BCUT2D eigenvalue weighted by molar-refractivity contribution is 6.00. The molecule has 240 valence electrons. The first kappa shape index (κ1) is 32.1. The zero-order chi connectivity index (χ0) is 33.3. The van der Waals surface area contributed by atoms with Gasteiger partial charge >= 0.3 is 11.9 Å². The lowest BCUT2D eigenvalue weighted by Crippen LogP contribution is -2.31. The number of hydrogen-bond donors (Lipinski definition) is 0. The van der Waals surface area contributed by atoms with Gasteiger partial charge in [-0.3, -0.25) is 9.59 Å². The molecule has 5 heteroatoms. The maximum Gasteiger partial charge on any atom is 0.325 e. The van der Waals surface area contributed by atoms with Gasteiger partial charge in [-0.2, -0.15) is 0 Å². The zero-order valence-corrected chi connectivity index (χ0v) is 28.2. The summed E-state index contributed by atoms with van der Waals surface area (Å²) in [7, 11) is 0. The molecule has 1 aliphatic carbocycles. The van der Waals surface area contributed by atoms with Crippen molar-refractivity contribution in [3.05, 3.63) is 131 Å². The van der Waals surface area contributed by atoms with Gasteiger partial charge in [0.1, 0.15) is 6.54 Å². The quantitative estimate of drug-likeness (QED) is 0.137. The number of rotatable bonds is 9. The Balaban J connectivity index is 1.37. The molecule has 4 aromatic carbocycles. The van der Waals surface area contributed by atoms with Gasteiger partial charge in [0.2, 0.25) is 0 Å². The number of carbonyl (C=O) groups is 2. The SMILES string of the molecule is CCOC(=O)CC1=C(C=CC=CC=C2N(CC(=O)OCC)c3ccc4ccccc4c3C2(C)C)C(C)(C)c2c1ccc1ccccc21. The molecule has 2 aliphatic rings. The Morgan fingerprint density at radius 1 is 0.702 bits per heavy atom. The van der Waals surface area contributed by atoms with Crippen LogP contribution in [0.1, 0.15) is 64.7 Å². The van der Waals surface area contributed by atoms with E-state index in [1.165, 1.54) is 32.7 Å². The highest BCUT2D eigenvalue weighted by Crippen LogP contribution is 2.52. The third-order valence-electron chi connectivity index (χ3n) is 9.59. The van der Waals surface area contributed by atoms with Crippen molar-refractivity contribution in [2.24, 2.45) is 0 Å². The monoisotopic (exact) mass is 625 g/mol. The third-order valence-corrected chi connectivity index (χ3v) is 9.59. The van der Waals surface area contributed by atoms with E-state index in [0.717, 1.165) is 28.1 Å². The second-order valence-electron chi connectivity index (χ2n) is 13.2. The number of esters is 2. The summed E-state index contributed by atoms with van der Waals surface area (Å²) in [5.41, 5.74) is 7.09. The molecule has 0 bridgehead atoms. The van der Waals surface area contributed by atoms with Crippen molar-refractivity contribution in [3.63, 3.8) is 0 Å². The van der Waals surface area contributed by atoms with Gasteiger partial charge in [0.15, 0.2) is 0 Å². The molecule has 0 fully saturated rings. The predicted molar refractivity (Wildman–Crippen MR) is 192 cm³/mol. The summed E-state index contributed by atoms with van der Waals surface area (Å²) in [6, 6.07) is 25.4. The van der Waals surface area contributed by atoms with E-state index < -0.39 is 0 Å². The van der Waals surface area contributed by atoms with Gasteiger partial charge < -0.3 is 14.4 Å². The van der Waals surface area contributed by atoms with Gasteiger partial charge in [-0.05, 0) is 75.4 Å². The molecule has 0 atom stereocenters. The Bertz CT molecular complexity index is 2010. The highest BCUT2D eigenvalue weighted by Gasteiger charge is 2.42.